The monoisotopic (exact) mass is 401 g/mol. The van der Waals surface area contributed by atoms with Crippen LogP contribution in [-0.4, -0.2) is 35.7 Å². The first-order valence-electron chi connectivity index (χ1n) is 8.21. The van der Waals surface area contributed by atoms with E-state index in [1.807, 2.05) is 0 Å². The summed E-state index contributed by atoms with van der Waals surface area (Å²) in [7, 11) is 1.53. The van der Waals surface area contributed by atoms with Crippen LogP contribution in [0.3, 0.4) is 0 Å². The molecule has 0 unspecified atom stereocenters. The molecule has 0 bridgehead atoms. The quantitative estimate of drug-likeness (QED) is 0.607. The molecule has 0 atom stereocenters. The van der Waals surface area contributed by atoms with E-state index in [2.05, 4.69) is 15.5 Å². The van der Waals surface area contributed by atoms with Crippen molar-refractivity contribution in [3.63, 3.8) is 0 Å². The molecule has 0 fully saturated rings. The molecule has 3 aromatic rings. The number of hydrogen-bond acceptors (Lipinski definition) is 7. The number of benzene rings is 2. The molecule has 0 radical (unpaired) electrons. The van der Waals surface area contributed by atoms with Crippen LogP contribution in [0.5, 0.6) is 5.75 Å². The normalized spacial score (nSPS) is 10.4. The molecule has 1 amide bonds. The van der Waals surface area contributed by atoms with Gasteiger partial charge in [-0.3, -0.25) is 9.59 Å². The second-order valence-corrected chi connectivity index (χ2v) is 6.03. The Kier molecular flexibility index (Phi) is 6.23. The molecular formula is C19H16ClN3O5. The summed E-state index contributed by atoms with van der Waals surface area (Å²) < 4.78 is 15.1. The zero-order chi connectivity index (χ0) is 19.9. The van der Waals surface area contributed by atoms with Gasteiger partial charge in [0, 0.05) is 16.1 Å². The van der Waals surface area contributed by atoms with Gasteiger partial charge in [0.05, 0.1) is 7.11 Å². The van der Waals surface area contributed by atoms with E-state index >= 15 is 0 Å². The third-order valence-electron chi connectivity index (χ3n) is 3.67. The van der Waals surface area contributed by atoms with Gasteiger partial charge in [-0.2, -0.15) is 4.98 Å². The summed E-state index contributed by atoms with van der Waals surface area (Å²) in [4.78, 5) is 27.9. The predicted octanol–water partition coefficient (Wildman–Crippen LogP) is 2.87. The molecule has 0 saturated heterocycles. The number of aromatic nitrogens is 2. The van der Waals surface area contributed by atoms with Gasteiger partial charge >= 0.3 is 5.97 Å². The van der Waals surface area contributed by atoms with Crippen molar-refractivity contribution < 1.29 is 23.6 Å². The fraction of sp³-hybridized carbons (Fsp3) is 0.158. The van der Waals surface area contributed by atoms with Crippen LogP contribution in [0.2, 0.25) is 5.02 Å². The number of ether oxygens (including phenoxy) is 2. The third-order valence-corrected chi connectivity index (χ3v) is 3.92. The molecule has 144 valence electrons. The SMILES string of the molecule is COc1ccc(C(=O)NCC(=O)OCc2nc(-c3ccc(Cl)cc3)no2)cc1. The molecule has 1 N–H and O–H groups in total. The molecule has 0 spiro atoms. The second-order valence-electron chi connectivity index (χ2n) is 5.59. The second kappa shape index (κ2) is 9.01. The Hall–Kier alpha value is -3.39. The number of esters is 1. The number of methoxy groups -OCH3 is 1. The van der Waals surface area contributed by atoms with E-state index in [9.17, 15) is 9.59 Å². The van der Waals surface area contributed by atoms with Gasteiger partial charge in [0.25, 0.3) is 11.8 Å². The molecule has 0 saturated carbocycles. The van der Waals surface area contributed by atoms with Crippen molar-refractivity contribution >= 4 is 23.5 Å². The highest BCUT2D eigenvalue weighted by atomic mass is 35.5. The molecule has 0 aliphatic rings. The lowest BCUT2D eigenvalue weighted by Gasteiger charge is -2.06. The summed E-state index contributed by atoms with van der Waals surface area (Å²) in [6.45, 7) is -0.485. The highest BCUT2D eigenvalue weighted by Crippen LogP contribution is 2.18. The van der Waals surface area contributed by atoms with Crippen LogP contribution in [0, 0.1) is 0 Å². The van der Waals surface area contributed by atoms with E-state index in [0.717, 1.165) is 5.56 Å². The van der Waals surface area contributed by atoms with Gasteiger partial charge in [-0.15, -0.1) is 0 Å². The zero-order valence-corrected chi connectivity index (χ0v) is 15.6. The molecule has 2 aromatic carbocycles. The fourth-order valence-electron chi connectivity index (χ4n) is 2.22. The number of nitrogens with zero attached hydrogens (tertiary/aromatic N) is 2. The first-order valence-corrected chi connectivity index (χ1v) is 8.59. The van der Waals surface area contributed by atoms with Crippen LogP contribution in [0.25, 0.3) is 11.4 Å². The molecule has 8 nitrogen and oxygen atoms in total. The summed E-state index contributed by atoms with van der Waals surface area (Å²) in [6.07, 6.45) is 0. The number of amides is 1. The van der Waals surface area contributed by atoms with E-state index < -0.39 is 11.9 Å². The standard InChI is InChI=1S/C19H16ClN3O5/c1-26-15-8-4-13(5-9-15)19(25)21-10-17(24)27-11-16-22-18(23-28-16)12-2-6-14(20)7-3-12/h2-9H,10-11H2,1H3,(H,21,25). The first-order chi connectivity index (χ1) is 13.5. The molecule has 1 aromatic heterocycles. The Morgan fingerprint density at radius 1 is 1.11 bits per heavy atom. The molecule has 9 heteroatoms. The van der Waals surface area contributed by atoms with E-state index in [0.29, 0.717) is 22.2 Å². The minimum absolute atomic E-state index is 0.139. The van der Waals surface area contributed by atoms with Crippen LogP contribution < -0.4 is 10.1 Å². The number of carbonyl (C=O) groups excluding carboxylic acids is 2. The van der Waals surface area contributed by atoms with Gasteiger partial charge in [0.1, 0.15) is 12.3 Å². The van der Waals surface area contributed by atoms with Crippen LogP contribution >= 0.6 is 11.6 Å². The minimum atomic E-state index is -0.631. The lowest BCUT2D eigenvalue weighted by Crippen LogP contribution is -2.30. The predicted molar refractivity (Wildman–Crippen MR) is 99.9 cm³/mol. The summed E-state index contributed by atoms with van der Waals surface area (Å²) in [5.41, 5.74) is 1.12. The van der Waals surface area contributed by atoms with Crippen molar-refractivity contribution in [1.82, 2.24) is 15.5 Å². The van der Waals surface area contributed by atoms with Crippen LogP contribution in [0.15, 0.2) is 53.1 Å². The van der Waals surface area contributed by atoms with Crippen LogP contribution in [0.1, 0.15) is 16.2 Å². The van der Waals surface area contributed by atoms with Crippen molar-refractivity contribution in [2.75, 3.05) is 13.7 Å². The van der Waals surface area contributed by atoms with E-state index in [-0.39, 0.29) is 19.0 Å². The lowest BCUT2D eigenvalue weighted by atomic mass is 10.2. The topological polar surface area (TPSA) is 104 Å². The van der Waals surface area contributed by atoms with Gasteiger partial charge in [0.15, 0.2) is 6.61 Å². The number of hydrogen-bond donors (Lipinski definition) is 1. The maximum atomic E-state index is 12.0. The zero-order valence-electron chi connectivity index (χ0n) is 14.8. The molecule has 0 aliphatic carbocycles. The Morgan fingerprint density at radius 3 is 2.50 bits per heavy atom. The molecule has 28 heavy (non-hydrogen) atoms. The summed E-state index contributed by atoms with van der Waals surface area (Å²) in [5.74, 6) is 0.0966. The summed E-state index contributed by atoms with van der Waals surface area (Å²) in [6, 6.07) is 13.4. The summed E-state index contributed by atoms with van der Waals surface area (Å²) in [5, 5.41) is 6.89. The highest BCUT2D eigenvalue weighted by molar-refractivity contribution is 6.30. The molecule has 1 heterocycles. The average molecular weight is 402 g/mol. The lowest BCUT2D eigenvalue weighted by molar-refractivity contribution is -0.144. The number of rotatable bonds is 7. The first kappa shape index (κ1) is 19.4. The van der Waals surface area contributed by atoms with Gasteiger partial charge in [0.2, 0.25) is 5.82 Å². The van der Waals surface area contributed by atoms with Crippen molar-refractivity contribution in [2.45, 2.75) is 6.61 Å². The molecule has 3 rings (SSSR count). The van der Waals surface area contributed by atoms with Crippen LogP contribution in [0.4, 0.5) is 0 Å². The highest BCUT2D eigenvalue weighted by Gasteiger charge is 2.13. The van der Waals surface area contributed by atoms with E-state index in [1.165, 1.54) is 7.11 Å². The number of nitrogens with one attached hydrogen (secondary N) is 1. The molecule has 0 aliphatic heterocycles. The number of carbonyl (C=O) groups is 2. The van der Waals surface area contributed by atoms with Gasteiger partial charge < -0.3 is 19.3 Å². The smallest absolute Gasteiger partial charge is 0.325 e. The molecular weight excluding hydrogens is 386 g/mol. The van der Waals surface area contributed by atoms with Crippen molar-refractivity contribution in [2.24, 2.45) is 0 Å². The van der Waals surface area contributed by atoms with Gasteiger partial charge in [-0.25, -0.2) is 0 Å². The average Bonchev–Trinajstić information content (AvgIpc) is 3.20. The van der Waals surface area contributed by atoms with Gasteiger partial charge in [-0.1, -0.05) is 16.8 Å². The van der Waals surface area contributed by atoms with Crippen molar-refractivity contribution in [3.05, 3.63) is 65.0 Å². The van der Waals surface area contributed by atoms with Crippen LogP contribution in [-0.2, 0) is 16.1 Å². The fourth-order valence-corrected chi connectivity index (χ4v) is 2.35. The summed E-state index contributed by atoms with van der Waals surface area (Å²) >= 11 is 5.84. The Balaban J connectivity index is 1.46. The minimum Gasteiger partial charge on any atom is -0.497 e. The largest absolute Gasteiger partial charge is 0.497 e. The Morgan fingerprint density at radius 2 is 1.82 bits per heavy atom. The van der Waals surface area contributed by atoms with Crippen molar-refractivity contribution in [1.29, 1.82) is 0 Å². The third kappa shape index (κ3) is 5.08. The Bertz CT molecular complexity index is 954. The Labute approximate surface area is 165 Å². The maximum absolute atomic E-state index is 12.0. The van der Waals surface area contributed by atoms with Gasteiger partial charge in [-0.05, 0) is 48.5 Å². The maximum Gasteiger partial charge on any atom is 0.325 e. The number of halogens is 1. The van der Waals surface area contributed by atoms with E-state index in [4.69, 9.17) is 25.6 Å². The van der Waals surface area contributed by atoms with Crippen molar-refractivity contribution in [3.8, 4) is 17.1 Å². The van der Waals surface area contributed by atoms with E-state index in [1.54, 1.807) is 48.5 Å².